The molecular weight excluding hydrogens is 198 g/mol. The van der Waals surface area contributed by atoms with Crippen molar-refractivity contribution in [1.82, 2.24) is 4.57 Å². The van der Waals surface area contributed by atoms with Gasteiger partial charge in [0.25, 0.3) is 5.82 Å². The zero-order valence-electron chi connectivity index (χ0n) is 11.3. The van der Waals surface area contributed by atoms with E-state index in [0.29, 0.717) is 18.1 Å². The standard InChI is InChI=1S/C13H24N3/c1-10(2)14-9-13-15(11(3)4)7-8-16(13)12(5)6/h7-12H,1-6H3/q+1. The van der Waals surface area contributed by atoms with E-state index in [-0.39, 0.29) is 0 Å². The van der Waals surface area contributed by atoms with E-state index < -0.39 is 0 Å². The molecule has 0 saturated carbocycles. The Kier molecular flexibility index (Phi) is 4.27. The van der Waals surface area contributed by atoms with E-state index in [1.54, 1.807) is 0 Å². The smallest absolute Gasteiger partial charge is 0.282 e. The summed E-state index contributed by atoms with van der Waals surface area (Å²) in [5.41, 5.74) is 0. The van der Waals surface area contributed by atoms with Gasteiger partial charge in [-0.25, -0.2) is 9.13 Å². The molecule has 1 heterocycles. The monoisotopic (exact) mass is 222 g/mol. The van der Waals surface area contributed by atoms with Crippen LogP contribution in [-0.4, -0.2) is 16.8 Å². The molecule has 0 saturated heterocycles. The van der Waals surface area contributed by atoms with Gasteiger partial charge < -0.3 is 0 Å². The predicted molar refractivity (Wildman–Crippen MR) is 68.1 cm³/mol. The second-order valence-corrected chi connectivity index (χ2v) is 5.03. The highest BCUT2D eigenvalue weighted by molar-refractivity contribution is 5.73. The van der Waals surface area contributed by atoms with Crippen molar-refractivity contribution in [3.05, 3.63) is 18.2 Å². The van der Waals surface area contributed by atoms with Gasteiger partial charge in [-0.2, -0.15) is 0 Å². The van der Waals surface area contributed by atoms with Crippen LogP contribution in [0.2, 0.25) is 0 Å². The lowest BCUT2D eigenvalue weighted by atomic mass is 10.3. The predicted octanol–water partition coefficient (Wildman–Crippen LogP) is 2.76. The van der Waals surface area contributed by atoms with E-state index in [2.05, 4.69) is 68.1 Å². The minimum absolute atomic E-state index is 0.344. The maximum atomic E-state index is 4.49. The van der Waals surface area contributed by atoms with Gasteiger partial charge in [-0.1, -0.05) is 0 Å². The molecule has 0 N–H and O–H groups in total. The van der Waals surface area contributed by atoms with Crippen LogP contribution in [0.1, 0.15) is 59.5 Å². The van der Waals surface area contributed by atoms with Gasteiger partial charge in [0.15, 0.2) is 0 Å². The van der Waals surface area contributed by atoms with Crippen LogP contribution >= 0.6 is 0 Å². The molecular formula is C13H24N3+. The average molecular weight is 222 g/mol. The third kappa shape index (κ3) is 2.94. The van der Waals surface area contributed by atoms with Gasteiger partial charge in [0, 0.05) is 6.04 Å². The maximum absolute atomic E-state index is 4.49. The normalized spacial score (nSPS) is 12.6. The molecule has 1 aromatic rings. The van der Waals surface area contributed by atoms with Gasteiger partial charge in [0.05, 0.1) is 12.1 Å². The molecule has 0 amide bonds. The molecule has 0 radical (unpaired) electrons. The van der Waals surface area contributed by atoms with Gasteiger partial charge >= 0.3 is 0 Å². The molecule has 0 spiro atoms. The Morgan fingerprint density at radius 2 is 1.81 bits per heavy atom. The summed E-state index contributed by atoms with van der Waals surface area (Å²) >= 11 is 0. The Morgan fingerprint density at radius 3 is 2.25 bits per heavy atom. The fraction of sp³-hybridized carbons (Fsp3) is 0.692. The lowest BCUT2D eigenvalue weighted by molar-refractivity contribution is -0.716. The first-order chi connectivity index (χ1) is 7.43. The van der Waals surface area contributed by atoms with Crippen LogP contribution in [0.25, 0.3) is 0 Å². The number of rotatable bonds is 4. The molecule has 0 aromatic carbocycles. The molecule has 0 unspecified atom stereocenters. The highest BCUT2D eigenvalue weighted by Gasteiger charge is 2.19. The van der Waals surface area contributed by atoms with Crippen LogP contribution in [0.4, 0.5) is 0 Å². The number of aromatic nitrogens is 2. The molecule has 3 heteroatoms. The molecule has 90 valence electrons. The third-order valence-electron chi connectivity index (χ3n) is 2.52. The van der Waals surface area contributed by atoms with Crippen molar-refractivity contribution in [3.8, 4) is 0 Å². The molecule has 3 nitrogen and oxygen atoms in total. The molecule has 0 bridgehead atoms. The van der Waals surface area contributed by atoms with Crippen LogP contribution in [0.3, 0.4) is 0 Å². The molecule has 0 atom stereocenters. The summed E-state index contributed by atoms with van der Waals surface area (Å²) in [6, 6.07) is 1.28. The average Bonchev–Trinajstić information content (AvgIpc) is 2.57. The molecule has 16 heavy (non-hydrogen) atoms. The van der Waals surface area contributed by atoms with E-state index in [4.69, 9.17) is 0 Å². The van der Waals surface area contributed by atoms with Crippen LogP contribution in [-0.2, 0) is 0 Å². The molecule has 0 aliphatic carbocycles. The van der Waals surface area contributed by atoms with Gasteiger partial charge in [-0.05, 0) is 41.5 Å². The Bertz CT molecular complexity index is 334. The highest BCUT2D eigenvalue weighted by atomic mass is 15.2. The second-order valence-electron chi connectivity index (χ2n) is 5.03. The van der Waals surface area contributed by atoms with Gasteiger partial charge in [0.2, 0.25) is 0 Å². The maximum Gasteiger partial charge on any atom is 0.300 e. The van der Waals surface area contributed by atoms with Crippen molar-refractivity contribution in [2.24, 2.45) is 4.99 Å². The van der Waals surface area contributed by atoms with Crippen molar-refractivity contribution in [2.45, 2.75) is 59.7 Å². The van der Waals surface area contributed by atoms with Crippen molar-refractivity contribution in [2.75, 3.05) is 0 Å². The Balaban J connectivity index is 3.14. The molecule has 1 aromatic heterocycles. The number of hydrogen-bond donors (Lipinski definition) is 0. The zero-order valence-corrected chi connectivity index (χ0v) is 11.3. The SMILES string of the molecule is CC(C)N=Cc1n(C(C)C)cc[n+]1C(C)C. The molecule has 0 fully saturated rings. The summed E-state index contributed by atoms with van der Waals surface area (Å²) in [6.07, 6.45) is 6.25. The quantitative estimate of drug-likeness (QED) is 0.552. The summed E-state index contributed by atoms with van der Waals surface area (Å²) < 4.78 is 4.51. The number of aliphatic imine (C=N–C) groups is 1. The third-order valence-corrected chi connectivity index (χ3v) is 2.52. The first kappa shape index (κ1) is 12.9. The highest BCUT2D eigenvalue weighted by Crippen LogP contribution is 2.07. The van der Waals surface area contributed by atoms with Crippen LogP contribution in [0.15, 0.2) is 17.4 Å². The summed E-state index contributed by atoms with van der Waals surface area (Å²) in [4.78, 5) is 4.49. The van der Waals surface area contributed by atoms with Gasteiger partial charge in [-0.3, -0.25) is 4.99 Å². The van der Waals surface area contributed by atoms with E-state index in [0.717, 1.165) is 0 Å². The lowest BCUT2D eigenvalue weighted by Crippen LogP contribution is -2.39. The Labute approximate surface area is 98.8 Å². The van der Waals surface area contributed by atoms with E-state index >= 15 is 0 Å². The molecule has 1 rings (SSSR count). The molecule has 0 aliphatic rings. The van der Waals surface area contributed by atoms with E-state index in [9.17, 15) is 0 Å². The number of imidazole rings is 1. The lowest BCUT2D eigenvalue weighted by Gasteiger charge is -2.06. The second kappa shape index (κ2) is 5.28. The van der Waals surface area contributed by atoms with E-state index in [1.807, 2.05) is 6.21 Å². The summed E-state index contributed by atoms with van der Waals surface area (Å²) in [7, 11) is 0. The van der Waals surface area contributed by atoms with Crippen molar-refractivity contribution in [1.29, 1.82) is 0 Å². The molecule has 0 aliphatic heterocycles. The van der Waals surface area contributed by atoms with Crippen LogP contribution < -0.4 is 4.57 Å². The summed E-state index contributed by atoms with van der Waals surface area (Å²) in [5.74, 6) is 1.18. The Hall–Kier alpha value is -1.12. The number of nitrogens with zero attached hydrogens (tertiary/aromatic N) is 3. The number of hydrogen-bond acceptors (Lipinski definition) is 1. The largest absolute Gasteiger partial charge is 0.300 e. The van der Waals surface area contributed by atoms with E-state index in [1.165, 1.54) is 5.82 Å². The van der Waals surface area contributed by atoms with Crippen molar-refractivity contribution in [3.63, 3.8) is 0 Å². The fourth-order valence-electron chi connectivity index (χ4n) is 1.65. The van der Waals surface area contributed by atoms with Crippen LogP contribution in [0.5, 0.6) is 0 Å². The fourth-order valence-corrected chi connectivity index (χ4v) is 1.65. The minimum atomic E-state index is 0.344. The first-order valence-electron chi connectivity index (χ1n) is 6.08. The van der Waals surface area contributed by atoms with Gasteiger partial charge in [-0.15, -0.1) is 0 Å². The first-order valence-corrected chi connectivity index (χ1v) is 6.08. The summed E-state index contributed by atoms with van der Waals surface area (Å²) in [6.45, 7) is 13.0. The van der Waals surface area contributed by atoms with Gasteiger partial charge in [0.1, 0.15) is 18.6 Å². The van der Waals surface area contributed by atoms with Crippen LogP contribution in [0, 0.1) is 0 Å². The van der Waals surface area contributed by atoms with Crippen molar-refractivity contribution < 1.29 is 4.57 Å². The minimum Gasteiger partial charge on any atom is -0.282 e. The van der Waals surface area contributed by atoms with Crippen molar-refractivity contribution >= 4 is 6.21 Å². The zero-order chi connectivity index (χ0) is 12.3. The summed E-state index contributed by atoms with van der Waals surface area (Å²) in [5, 5.41) is 0. The topological polar surface area (TPSA) is 21.2 Å². The Morgan fingerprint density at radius 1 is 1.19 bits per heavy atom.